The minimum atomic E-state index is -0.200. The molecule has 0 amide bonds. The third-order valence-electron chi connectivity index (χ3n) is 2.52. The van der Waals surface area contributed by atoms with E-state index in [0.29, 0.717) is 12.4 Å². The largest absolute Gasteiger partial charge is 0.465 e. The van der Waals surface area contributed by atoms with Crippen molar-refractivity contribution in [2.24, 2.45) is 0 Å². The molecule has 0 spiro atoms. The number of rotatable bonds is 7. The number of nitrogens with one attached hydrogen (secondary N) is 1. The molecule has 0 bridgehead atoms. The van der Waals surface area contributed by atoms with Gasteiger partial charge in [0, 0.05) is 12.4 Å². The fraction of sp³-hybridized carbons (Fsp3) is 0.286. The van der Waals surface area contributed by atoms with E-state index in [2.05, 4.69) is 22.1 Å². The highest BCUT2D eigenvalue weighted by Crippen LogP contribution is 2.11. The Morgan fingerprint density at radius 1 is 1.32 bits per heavy atom. The van der Waals surface area contributed by atoms with E-state index in [9.17, 15) is 4.79 Å². The fourth-order valence-electron chi connectivity index (χ4n) is 1.61. The van der Waals surface area contributed by atoms with Crippen LogP contribution in [0.25, 0.3) is 0 Å². The SMILES string of the molecule is O=C(CSc1ncc[nH]1)OCCCc1ccccc1. The van der Waals surface area contributed by atoms with Crippen LogP contribution >= 0.6 is 11.8 Å². The minimum Gasteiger partial charge on any atom is -0.465 e. The first kappa shape index (κ1) is 13.7. The number of benzene rings is 1. The van der Waals surface area contributed by atoms with Gasteiger partial charge in [-0.25, -0.2) is 4.98 Å². The molecule has 0 unspecified atom stereocenters. The lowest BCUT2D eigenvalue weighted by molar-refractivity contribution is -0.140. The zero-order valence-electron chi connectivity index (χ0n) is 10.5. The molecule has 19 heavy (non-hydrogen) atoms. The van der Waals surface area contributed by atoms with Gasteiger partial charge in [-0.05, 0) is 18.4 Å². The summed E-state index contributed by atoms with van der Waals surface area (Å²) in [5, 5.41) is 0.737. The van der Waals surface area contributed by atoms with Crippen LogP contribution in [0.2, 0.25) is 0 Å². The summed E-state index contributed by atoms with van der Waals surface area (Å²) in [6.07, 6.45) is 5.17. The average Bonchev–Trinajstić information content (AvgIpc) is 2.96. The number of aryl methyl sites for hydroxylation is 1. The summed E-state index contributed by atoms with van der Waals surface area (Å²) < 4.78 is 5.16. The van der Waals surface area contributed by atoms with Crippen molar-refractivity contribution in [3.05, 3.63) is 48.3 Å². The number of thioether (sulfide) groups is 1. The maximum atomic E-state index is 11.5. The van der Waals surface area contributed by atoms with Crippen molar-refractivity contribution < 1.29 is 9.53 Å². The van der Waals surface area contributed by atoms with Crippen LogP contribution in [-0.4, -0.2) is 28.3 Å². The van der Waals surface area contributed by atoms with E-state index < -0.39 is 0 Å². The molecule has 2 aromatic rings. The lowest BCUT2D eigenvalue weighted by atomic mass is 10.1. The molecule has 5 heteroatoms. The molecule has 0 fully saturated rings. The van der Waals surface area contributed by atoms with Crippen LogP contribution in [0.3, 0.4) is 0 Å². The number of ether oxygens (including phenoxy) is 1. The number of carbonyl (C=O) groups is 1. The number of aromatic nitrogens is 2. The van der Waals surface area contributed by atoms with Gasteiger partial charge in [0.15, 0.2) is 5.16 Å². The summed E-state index contributed by atoms with van der Waals surface area (Å²) in [7, 11) is 0. The van der Waals surface area contributed by atoms with Crippen LogP contribution in [0.5, 0.6) is 0 Å². The molecule has 0 saturated heterocycles. The Labute approximate surface area is 116 Å². The van der Waals surface area contributed by atoms with Crippen LogP contribution in [0.4, 0.5) is 0 Å². The first-order valence-electron chi connectivity index (χ1n) is 6.16. The van der Waals surface area contributed by atoms with Crippen molar-refractivity contribution in [2.45, 2.75) is 18.0 Å². The number of imidazole rings is 1. The quantitative estimate of drug-likeness (QED) is 0.480. The van der Waals surface area contributed by atoms with E-state index in [4.69, 9.17) is 4.74 Å². The van der Waals surface area contributed by atoms with Crippen molar-refractivity contribution >= 4 is 17.7 Å². The molecular formula is C14H16N2O2S. The third kappa shape index (κ3) is 5.18. The maximum Gasteiger partial charge on any atom is 0.316 e. The van der Waals surface area contributed by atoms with Gasteiger partial charge < -0.3 is 9.72 Å². The molecule has 4 nitrogen and oxygen atoms in total. The molecule has 1 heterocycles. The van der Waals surface area contributed by atoms with Crippen molar-refractivity contribution in [3.8, 4) is 0 Å². The van der Waals surface area contributed by atoms with Crippen LogP contribution in [0.1, 0.15) is 12.0 Å². The first-order chi connectivity index (χ1) is 9.34. The molecule has 0 atom stereocenters. The number of hydrogen-bond acceptors (Lipinski definition) is 4. The lowest BCUT2D eigenvalue weighted by Gasteiger charge is -2.04. The topological polar surface area (TPSA) is 55.0 Å². The second-order valence-electron chi connectivity index (χ2n) is 3.99. The normalized spacial score (nSPS) is 10.3. The lowest BCUT2D eigenvalue weighted by Crippen LogP contribution is -2.09. The van der Waals surface area contributed by atoms with Gasteiger partial charge in [-0.3, -0.25) is 4.79 Å². The molecule has 1 aromatic heterocycles. The standard InChI is InChI=1S/C14H16N2O2S/c17-13(11-19-14-15-8-9-16-14)18-10-4-7-12-5-2-1-3-6-12/h1-3,5-6,8-9H,4,7,10-11H2,(H,15,16). The van der Waals surface area contributed by atoms with E-state index in [1.165, 1.54) is 17.3 Å². The van der Waals surface area contributed by atoms with Gasteiger partial charge in [0.2, 0.25) is 0 Å². The van der Waals surface area contributed by atoms with Crippen molar-refractivity contribution in [1.29, 1.82) is 0 Å². The monoisotopic (exact) mass is 276 g/mol. The van der Waals surface area contributed by atoms with Gasteiger partial charge in [0.1, 0.15) is 0 Å². The van der Waals surface area contributed by atoms with Crippen molar-refractivity contribution in [2.75, 3.05) is 12.4 Å². The predicted octanol–water partition coefficient (Wildman–Crippen LogP) is 2.68. The number of carbonyl (C=O) groups excluding carboxylic acids is 1. The molecule has 100 valence electrons. The minimum absolute atomic E-state index is 0.200. The summed E-state index contributed by atoms with van der Waals surface area (Å²) in [6.45, 7) is 0.465. The second kappa shape index (κ2) is 7.63. The van der Waals surface area contributed by atoms with E-state index >= 15 is 0 Å². The van der Waals surface area contributed by atoms with E-state index in [1.807, 2.05) is 18.2 Å². The summed E-state index contributed by atoms with van der Waals surface area (Å²) >= 11 is 1.35. The molecule has 2 rings (SSSR count). The molecule has 0 aliphatic carbocycles. The van der Waals surface area contributed by atoms with Gasteiger partial charge in [0.05, 0.1) is 12.4 Å². The summed E-state index contributed by atoms with van der Waals surface area (Å²) in [6, 6.07) is 10.2. The number of H-pyrrole nitrogens is 1. The molecule has 1 N–H and O–H groups in total. The summed E-state index contributed by atoms with van der Waals surface area (Å²) in [4.78, 5) is 18.4. The van der Waals surface area contributed by atoms with Crippen molar-refractivity contribution in [1.82, 2.24) is 9.97 Å². The molecule has 0 radical (unpaired) electrons. The second-order valence-corrected chi connectivity index (χ2v) is 4.96. The Balaban J connectivity index is 1.57. The molecule has 0 saturated carbocycles. The third-order valence-corrected chi connectivity index (χ3v) is 3.39. The van der Waals surface area contributed by atoms with Crippen LogP contribution in [0.15, 0.2) is 47.9 Å². The van der Waals surface area contributed by atoms with Crippen LogP contribution in [-0.2, 0) is 16.0 Å². The van der Waals surface area contributed by atoms with E-state index in [1.54, 1.807) is 12.4 Å². The fourth-order valence-corrected chi connectivity index (χ4v) is 2.23. The Morgan fingerprint density at radius 3 is 2.89 bits per heavy atom. The number of hydrogen-bond donors (Lipinski definition) is 1. The Hall–Kier alpha value is -1.75. The Morgan fingerprint density at radius 2 is 2.16 bits per heavy atom. The van der Waals surface area contributed by atoms with Gasteiger partial charge in [-0.15, -0.1) is 0 Å². The van der Waals surface area contributed by atoms with Crippen LogP contribution in [0, 0.1) is 0 Å². The van der Waals surface area contributed by atoms with Gasteiger partial charge in [-0.2, -0.15) is 0 Å². The maximum absolute atomic E-state index is 11.5. The molecule has 0 aliphatic heterocycles. The molecule has 0 aliphatic rings. The number of nitrogens with zero attached hydrogens (tertiary/aromatic N) is 1. The van der Waals surface area contributed by atoms with Crippen molar-refractivity contribution in [3.63, 3.8) is 0 Å². The van der Waals surface area contributed by atoms with E-state index in [-0.39, 0.29) is 5.97 Å². The predicted molar refractivity (Wildman–Crippen MR) is 75.0 cm³/mol. The molecular weight excluding hydrogens is 260 g/mol. The van der Waals surface area contributed by atoms with Gasteiger partial charge in [0.25, 0.3) is 0 Å². The average molecular weight is 276 g/mol. The van der Waals surface area contributed by atoms with E-state index in [0.717, 1.165) is 18.0 Å². The zero-order valence-corrected chi connectivity index (χ0v) is 11.4. The smallest absolute Gasteiger partial charge is 0.316 e. The number of esters is 1. The Bertz CT molecular complexity index is 485. The summed E-state index contributed by atoms with van der Waals surface area (Å²) in [5.41, 5.74) is 1.27. The van der Waals surface area contributed by atoms with Crippen LogP contribution < -0.4 is 0 Å². The summed E-state index contributed by atoms with van der Waals surface area (Å²) in [5.74, 6) is 0.0910. The zero-order chi connectivity index (χ0) is 13.3. The highest BCUT2D eigenvalue weighted by Gasteiger charge is 2.05. The van der Waals surface area contributed by atoms with Gasteiger partial charge in [-0.1, -0.05) is 42.1 Å². The Kier molecular flexibility index (Phi) is 5.49. The number of aromatic amines is 1. The first-order valence-corrected chi connectivity index (χ1v) is 7.15. The van der Waals surface area contributed by atoms with Gasteiger partial charge >= 0.3 is 5.97 Å². The molecule has 1 aromatic carbocycles. The highest BCUT2D eigenvalue weighted by molar-refractivity contribution is 7.99. The highest BCUT2D eigenvalue weighted by atomic mass is 32.2.